The zero-order valence-electron chi connectivity index (χ0n) is 24.1. The molecule has 0 aliphatic heterocycles. The maximum atomic E-state index is 12.8. The van der Waals surface area contributed by atoms with Gasteiger partial charge >= 0.3 is 63.3 Å². The Hall–Kier alpha value is -0.814. The third-order valence-corrected chi connectivity index (χ3v) is 6.90. The molecule has 0 fully saturated rings. The third kappa shape index (κ3) is 17.6. The first kappa shape index (κ1) is 38.2. The van der Waals surface area contributed by atoms with Gasteiger partial charge in [0.25, 0.3) is 0 Å². The van der Waals surface area contributed by atoms with E-state index in [0.29, 0.717) is 12.8 Å². The van der Waals surface area contributed by atoms with E-state index >= 15 is 0 Å². The van der Waals surface area contributed by atoms with Crippen LogP contribution in [0.15, 0.2) is 47.4 Å². The molecule has 0 amide bonds. The molecule has 7 nitrogen and oxygen atoms in total. The third-order valence-electron chi connectivity index (χ3n) is 6.02. The molecule has 9 heteroatoms. The van der Waals surface area contributed by atoms with Crippen molar-refractivity contribution in [1.29, 1.82) is 0 Å². The molecular weight excluding hydrogens is 543 g/mol. The smallest absolute Gasteiger partial charge is 0.744 e. The summed E-state index contributed by atoms with van der Waals surface area (Å²) in [6.07, 6.45) is 22.3. The van der Waals surface area contributed by atoms with E-state index in [1.165, 1.54) is 12.1 Å². The Morgan fingerprint density at radius 1 is 0.718 bits per heavy atom. The van der Waals surface area contributed by atoms with E-state index in [2.05, 4.69) is 38.2 Å². The van der Waals surface area contributed by atoms with Crippen LogP contribution in [0.1, 0.15) is 124 Å². The van der Waals surface area contributed by atoms with E-state index in [0.717, 1.165) is 83.1 Å². The average molecular weight is 589 g/mol. The van der Waals surface area contributed by atoms with Gasteiger partial charge in [-0.3, -0.25) is 0 Å². The first-order valence-electron chi connectivity index (χ1n) is 14.1. The van der Waals surface area contributed by atoms with Crippen LogP contribution >= 0.6 is 0 Å². The van der Waals surface area contributed by atoms with Gasteiger partial charge in [-0.05, 0) is 63.5 Å². The van der Waals surface area contributed by atoms with Gasteiger partial charge in [-0.25, -0.2) is 18.0 Å². The average Bonchev–Trinajstić information content (AvgIpc) is 2.89. The number of unbranched alkanes of at least 4 members (excludes halogenated alkanes) is 10. The van der Waals surface area contributed by atoms with Gasteiger partial charge in [0.05, 0.1) is 29.2 Å². The van der Waals surface area contributed by atoms with Crippen molar-refractivity contribution in [2.45, 2.75) is 109 Å². The predicted octanol–water partition coefficient (Wildman–Crippen LogP) is 4.52. The molecule has 0 aliphatic rings. The molecule has 0 aromatic heterocycles. The maximum Gasteiger partial charge on any atom is 1.00 e. The molecule has 1 aromatic rings. The van der Waals surface area contributed by atoms with Crippen molar-refractivity contribution in [3.63, 3.8) is 0 Å². The van der Waals surface area contributed by atoms with Crippen molar-refractivity contribution in [3.8, 4) is 0 Å². The van der Waals surface area contributed by atoms with Gasteiger partial charge in [0.15, 0.2) is 0 Å². The van der Waals surface area contributed by atoms with Gasteiger partial charge in [-0.15, -0.1) is 0 Å². The van der Waals surface area contributed by atoms with Crippen molar-refractivity contribution < 1.29 is 83.4 Å². The summed E-state index contributed by atoms with van der Waals surface area (Å²) in [4.78, 5) is 24.7. The molecule has 0 aliphatic carbocycles. The fourth-order valence-corrected chi connectivity index (χ4v) is 4.65. The second-order valence-electron chi connectivity index (χ2n) is 9.28. The van der Waals surface area contributed by atoms with Crippen LogP contribution in [0.5, 0.6) is 0 Å². The first-order valence-corrected chi connectivity index (χ1v) is 15.5. The molecule has 0 radical (unpaired) electrons. The Morgan fingerprint density at radius 3 is 1.67 bits per heavy atom. The Bertz CT molecular complexity index is 987. The first-order chi connectivity index (χ1) is 18.3. The molecule has 0 atom stereocenters. The number of hydrogen-bond acceptors (Lipinski definition) is 7. The summed E-state index contributed by atoms with van der Waals surface area (Å²) in [6.45, 7) is 4.43. The number of carbonyl (C=O) groups is 2. The second-order valence-corrected chi connectivity index (χ2v) is 10.6. The molecule has 0 spiro atoms. The minimum atomic E-state index is -5.00. The van der Waals surface area contributed by atoms with Crippen molar-refractivity contribution in [2.24, 2.45) is 0 Å². The fourth-order valence-electron chi connectivity index (χ4n) is 3.96. The maximum absolute atomic E-state index is 12.8. The van der Waals surface area contributed by atoms with Crippen molar-refractivity contribution in [2.75, 3.05) is 13.2 Å². The summed E-state index contributed by atoms with van der Waals surface area (Å²) >= 11 is 0. The molecule has 0 unspecified atom stereocenters. The number of hydrogen-bond donors (Lipinski definition) is 0. The number of benzene rings is 1. The summed E-state index contributed by atoms with van der Waals surface area (Å²) in [6, 6.07) is 3.55. The van der Waals surface area contributed by atoms with E-state index in [9.17, 15) is 22.6 Å². The van der Waals surface area contributed by atoms with Crippen molar-refractivity contribution >= 4 is 22.1 Å². The van der Waals surface area contributed by atoms with Gasteiger partial charge < -0.3 is 14.0 Å². The van der Waals surface area contributed by atoms with E-state index in [-0.39, 0.29) is 70.2 Å². The van der Waals surface area contributed by atoms with E-state index in [1.807, 2.05) is 0 Å². The van der Waals surface area contributed by atoms with Gasteiger partial charge in [0.1, 0.15) is 10.1 Å². The summed E-state index contributed by atoms with van der Waals surface area (Å²) in [5.74, 6) is -1.85. The second kappa shape index (κ2) is 23.8. The van der Waals surface area contributed by atoms with Crippen LogP contribution in [0.25, 0.3) is 0 Å². The SMILES string of the molecule is CC/C=C/CCCCCCCOC(=O)c1cccc(S(=O)(=O)[O-])c1C(=O)OCCCCCCC/C=C/CC.[K+]. The standard InChI is InChI=1S/C30H46O7S.K/c1-3-5-7-9-11-13-15-17-19-24-36-29(31)26-22-21-23-27(38(33,34)35)28(26)30(32)37-25-20-18-16-14-12-10-8-6-4-2;/h5-8,21-23H,3-4,9-20,24-25H2,1-2H3,(H,33,34,35);/q;+1/p-1/b7-5+,8-6+;. The van der Waals surface area contributed by atoms with Crippen LogP contribution < -0.4 is 51.4 Å². The van der Waals surface area contributed by atoms with Crippen molar-refractivity contribution in [1.82, 2.24) is 0 Å². The predicted molar refractivity (Wildman–Crippen MR) is 149 cm³/mol. The van der Waals surface area contributed by atoms with Crippen LogP contribution in [-0.4, -0.2) is 38.1 Å². The zero-order valence-corrected chi connectivity index (χ0v) is 28.1. The Kier molecular flexibility index (Phi) is 23.4. The Balaban J connectivity index is 0.0000144. The fraction of sp³-hybridized carbons (Fsp3) is 0.600. The van der Waals surface area contributed by atoms with E-state index < -0.39 is 32.5 Å². The summed E-state index contributed by atoms with van der Waals surface area (Å²) in [5.41, 5.74) is -0.815. The number of ether oxygens (including phenoxy) is 2. The summed E-state index contributed by atoms with van der Waals surface area (Å²) in [5, 5.41) is 0. The number of carbonyl (C=O) groups excluding carboxylic acids is 2. The Labute approximate surface area is 278 Å². The Morgan fingerprint density at radius 2 is 1.18 bits per heavy atom. The molecule has 0 heterocycles. The van der Waals surface area contributed by atoms with E-state index in [1.54, 1.807) is 0 Å². The minimum Gasteiger partial charge on any atom is -0.744 e. The molecule has 214 valence electrons. The molecule has 1 rings (SSSR count). The number of allylic oxidation sites excluding steroid dienone is 4. The molecule has 39 heavy (non-hydrogen) atoms. The molecule has 0 N–H and O–H groups in total. The summed E-state index contributed by atoms with van der Waals surface area (Å²) < 4.78 is 45.9. The van der Waals surface area contributed by atoms with Crippen LogP contribution in [0.4, 0.5) is 0 Å². The normalized spacial score (nSPS) is 11.6. The van der Waals surface area contributed by atoms with Crippen LogP contribution in [0.2, 0.25) is 0 Å². The quantitative estimate of drug-likeness (QED) is 0.0683. The van der Waals surface area contributed by atoms with Gasteiger partial charge in [-0.1, -0.05) is 82.7 Å². The van der Waals surface area contributed by atoms with Crippen LogP contribution in [0, 0.1) is 0 Å². The molecule has 0 saturated carbocycles. The topological polar surface area (TPSA) is 110 Å². The van der Waals surface area contributed by atoms with Crippen LogP contribution in [-0.2, 0) is 19.6 Å². The van der Waals surface area contributed by atoms with Crippen molar-refractivity contribution in [3.05, 3.63) is 53.6 Å². The van der Waals surface area contributed by atoms with Gasteiger partial charge in [-0.2, -0.15) is 0 Å². The number of rotatable bonds is 21. The van der Waals surface area contributed by atoms with Gasteiger partial charge in [0, 0.05) is 0 Å². The van der Waals surface area contributed by atoms with E-state index in [4.69, 9.17) is 9.47 Å². The molecule has 0 bridgehead atoms. The minimum absolute atomic E-state index is 0. The zero-order chi connectivity index (χ0) is 28.1. The molecule has 0 saturated heterocycles. The largest absolute Gasteiger partial charge is 1.00 e. The monoisotopic (exact) mass is 588 g/mol. The van der Waals surface area contributed by atoms with Gasteiger partial charge in [0.2, 0.25) is 0 Å². The summed E-state index contributed by atoms with van der Waals surface area (Å²) in [7, 11) is -5.00. The van der Waals surface area contributed by atoms with Crippen LogP contribution in [0.3, 0.4) is 0 Å². The molecule has 1 aromatic carbocycles. The number of esters is 2. The molecular formula is C30H45KO7S.